The SMILES string of the molecule is C=C(C)C(=O)O.O.[Cl][Cr][Cl].[Cl][Cr][Cl]. The molecule has 0 aromatic carbocycles. The third-order valence-corrected chi connectivity index (χ3v) is 0.365. The standard InChI is InChI=1S/C4H6O2.4ClH.2Cr.H2O/c1-3(2)4(5)6;;;;;;;/h1H2,2H3,(H,5,6);4*1H;;;1H2/q;;;;;2*+2;/p-4. The van der Waals surface area contributed by atoms with E-state index >= 15 is 0 Å². The Morgan fingerprint density at radius 1 is 1.23 bits per heavy atom. The van der Waals surface area contributed by atoms with Gasteiger partial charge in [0.1, 0.15) is 0 Å². The molecule has 0 fully saturated rings. The number of carboxylic acids is 1. The molecule has 0 unspecified atom stereocenters. The number of halogens is 4. The Morgan fingerprint density at radius 3 is 1.31 bits per heavy atom. The summed E-state index contributed by atoms with van der Waals surface area (Å²) in [6.45, 7) is 4.60. The maximum absolute atomic E-state index is 9.60. The molecular weight excluding hydrogens is 342 g/mol. The van der Waals surface area contributed by atoms with E-state index in [1.54, 1.807) is 0 Å². The van der Waals surface area contributed by atoms with Gasteiger partial charge in [-0.2, -0.15) is 0 Å². The van der Waals surface area contributed by atoms with Crippen molar-refractivity contribution in [2.45, 2.75) is 6.92 Å². The van der Waals surface area contributed by atoms with Crippen molar-refractivity contribution in [2.75, 3.05) is 0 Å². The normalized spacial score (nSPS) is 6.23. The van der Waals surface area contributed by atoms with E-state index < -0.39 is 5.97 Å². The molecule has 0 aromatic heterocycles. The van der Waals surface area contributed by atoms with Crippen molar-refractivity contribution < 1.29 is 42.1 Å². The van der Waals surface area contributed by atoms with Crippen molar-refractivity contribution in [3.63, 3.8) is 0 Å². The Labute approximate surface area is 107 Å². The van der Waals surface area contributed by atoms with Gasteiger partial charge in [0.2, 0.25) is 0 Å². The molecule has 13 heavy (non-hydrogen) atoms. The molecule has 0 aromatic rings. The van der Waals surface area contributed by atoms with Gasteiger partial charge in [0, 0.05) is 5.57 Å². The predicted octanol–water partition coefficient (Wildman–Crippen LogP) is 2.58. The van der Waals surface area contributed by atoms with Crippen molar-refractivity contribution in [2.24, 2.45) is 0 Å². The molecule has 0 atom stereocenters. The van der Waals surface area contributed by atoms with E-state index in [9.17, 15) is 4.79 Å². The van der Waals surface area contributed by atoms with E-state index in [1.165, 1.54) is 6.92 Å². The molecule has 0 spiro atoms. The molecule has 0 aliphatic heterocycles. The van der Waals surface area contributed by atoms with Crippen molar-refractivity contribution in [1.29, 1.82) is 0 Å². The Balaban J connectivity index is -0.0000000501. The number of rotatable bonds is 1. The summed E-state index contributed by atoms with van der Waals surface area (Å²) in [6, 6.07) is 0. The Kier molecular flexibility index (Phi) is 42.9. The molecule has 0 aliphatic carbocycles. The third kappa shape index (κ3) is 59.8. The maximum atomic E-state index is 9.60. The van der Waals surface area contributed by atoms with E-state index in [0.717, 1.165) is 0 Å². The van der Waals surface area contributed by atoms with Gasteiger partial charge in [-0.15, -0.1) is 0 Å². The van der Waals surface area contributed by atoms with E-state index in [0.29, 0.717) is 0 Å². The van der Waals surface area contributed by atoms with Crippen molar-refractivity contribution in [1.82, 2.24) is 0 Å². The second kappa shape index (κ2) is 23.3. The average molecular weight is 350 g/mol. The van der Waals surface area contributed by atoms with Gasteiger partial charge in [0.15, 0.2) is 0 Å². The summed E-state index contributed by atoms with van der Waals surface area (Å²) in [5, 5.41) is 7.89. The zero-order chi connectivity index (χ0) is 10.6. The number of aliphatic carboxylic acids is 1. The molecule has 0 amide bonds. The Morgan fingerprint density at radius 2 is 1.31 bits per heavy atom. The summed E-state index contributed by atoms with van der Waals surface area (Å²) in [5.41, 5.74) is 0.176. The van der Waals surface area contributed by atoms with Gasteiger partial charge in [-0.05, 0) is 6.92 Å². The number of hydrogen-bond acceptors (Lipinski definition) is 1. The zero-order valence-corrected chi connectivity index (χ0v) is 12.0. The van der Waals surface area contributed by atoms with Gasteiger partial charge in [-0.3, -0.25) is 0 Å². The van der Waals surface area contributed by atoms with Crippen molar-refractivity contribution in [3.05, 3.63) is 12.2 Å². The first-order valence-corrected chi connectivity index (χ1v) is 9.17. The van der Waals surface area contributed by atoms with Crippen LogP contribution in [0.2, 0.25) is 0 Å². The van der Waals surface area contributed by atoms with E-state index in [4.69, 9.17) is 45.3 Å². The molecule has 0 radical (unpaired) electrons. The molecule has 9 heteroatoms. The second-order valence-electron chi connectivity index (χ2n) is 1.20. The first-order valence-electron chi connectivity index (χ1n) is 2.15. The molecule has 0 saturated heterocycles. The monoisotopic (exact) mass is 348 g/mol. The fourth-order valence-corrected chi connectivity index (χ4v) is 0. The number of hydrogen-bond donors (Lipinski definition) is 1. The van der Waals surface area contributed by atoms with Gasteiger partial charge in [0.25, 0.3) is 0 Å². The number of carboxylic acid groups (broad SMARTS) is 1. The van der Waals surface area contributed by atoms with Crippen LogP contribution in [0.3, 0.4) is 0 Å². The van der Waals surface area contributed by atoms with Gasteiger partial charge >= 0.3 is 72.9 Å². The quantitative estimate of drug-likeness (QED) is 0.739. The third-order valence-electron chi connectivity index (χ3n) is 0.365. The van der Waals surface area contributed by atoms with Crippen LogP contribution in [0.4, 0.5) is 0 Å². The molecule has 0 aliphatic rings. The van der Waals surface area contributed by atoms with Crippen molar-refractivity contribution in [3.8, 4) is 0 Å². The summed E-state index contributed by atoms with van der Waals surface area (Å²) in [5.74, 6) is -0.935. The van der Waals surface area contributed by atoms with Gasteiger partial charge in [-0.25, -0.2) is 4.79 Å². The second-order valence-corrected chi connectivity index (χ2v) is 5.41. The summed E-state index contributed by atoms with van der Waals surface area (Å²) in [6.07, 6.45) is 0. The van der Waals surface area contributed by atoms with Crippen LogP contribution in [-0.4, -0.2) is 16.6 Å². The summed E-state index contributed by atoms with van der Waals surface area (Å²) < 4.78 is 0. The van der Waals surface area contributed by atoms with Crippen LogP contribution >= 0.6 is 40.2 Å². The van der Waals surface area contributed by atoms with Crippen LogP contribution in [0.5, 0.6) is 0 Å². The van der Waals surface area contributed by atoms with Gasteiger partial charge < -0.3 is 10.6 Å². The number of carbonyl (C=O) groups is 1. The first-order chi connectivity index (χ1) is 5.47. The Hall–Kier alpha value is 1.39. The van der Waals surface area contributed by atoms with E-state index in [2.05, 4.69) is 6.58 Å². The minimum atomic E-state index is -0.935. The van der Waals surface area contributed by atoms with Crippen LogP contribution in [0.1, 0.15) is 6.92 Å². The average Bonchev–Trinajstić information content (AvgIpc) is 1.90. The molecule has 0 heterocycles. The molecular formula is C4H8Cl4Cr2O3. The van der Waals surface area contributed by atoms with E-state index in [-0.39, 0.29) is 37.8 Å². The molecule has 82 valence electrons. The van der Waals surface area contributed by atoms with Crippen LogP contribution < -0.4 is 0 Å². The van der Waals surface area contributed by atoms with Gasteiger partial charge in [0.05, 0.1) is 0 Å². The van der Waals surface area contributed by atoms with E-state index in [1.807, 2.05) is 0 Å². The van der Waals surface area contributed by atoms with Gasteiger partial charge in [-0.1, -0.05) is 6.58 Å². The summed E-state index contributed by atoms with van der Waals surface area (Å²) >= 11 is -0.361. The van der Waals surface area contributed by atoms with Crippen LogP contribution in [0.15, 0.2) is 12.2 Å². The molecule has 0 rings (SSSR count). The topological polar surface area (TPSA) is 68.8 Å². The fourth-order valence-electron chi connectivity index (χ4n) is 0. The Bertz CT molecular complexity index is 110. The molecule has 0 saturated carbocycles. The van der Waals surface area contributed by atoms with Crippen LogP contribution in [0, 0.1) is 0 Å². The minimum absolute atomic E-state index is 0. The van der Waals surface area contributed by atoms with Crippen LogP contribution in [-0.2, 0) is 31.5 Å². The van der Waals surface area contributed by atoms with Crippen molar-refractivity contribution >= 4 is 46.2 Å². The first kappa shape index (κ1) is 23.9. The summed E-state index contributed by atoms with van der Waals surface area (Å²) in [7, 11) is 19.3. The molecule has 0 bridgehead atoms. The summed E-state index contributed by atoms with van der Waals surface area (Å²) in [4.78, 5) is 9.60. The fraction of sp³-hybridized carbons (Fsp3) is 0.250. The molecule has 3 nitrogen and oxygen atoms in total. The zero-order valence-electron chi connectivity index (χ0n) is 6.39. The van der Waals surface area contributed by atoms with Crippen LogP contribution in [0.25, 0.3) is 0 Å². The molecule has 3 N–H and O–H groups in total. The predicted molar refractivity (Wildman–Crippen MR) is 49.5 cm³/mol.